The number of carbonyl (C=O) groups is 1. The quantitative estimate of drug-likeness (QED) is 0.736. The standard InChI is InChI=1S/C11H12N2O/c1-12-11(14)7-9-6-8-4-2-3-5-10(8)13-9/h2-6,13H,7H2,1H3,(H,12,14). The second-order valence-electron chi connectivity index (χ2n) is 3.23. The van der Waals surface area contributed by atoms with Crippen molar-refractivity contribution in [3.8, 4) is 0 Å². The Hall–Kier alpha value is -1.77. The van der Waals surface area contributed by atoms with Crippen LogP contribution >= 0.6 is 0 Å². The van der Waals surface area contributed by atoms with Gasteiger partial charge in [0.15, 0.2) is 0 Å². The van der Waals surface area contributed by atoms with Crippen molar-refractivity contribution in [3.05, 3.63) is 36.0 Å². The molecule has 14 heavy (non-hydrogen) atoms. The van der Waals surface area contributed by atoms with Crippen LogP contribution in [-0.2, 0) is 11.2 Å². The molecule has 3 nitrogen and oxygen atoms in total. The summed E-state index contributed by atoms with van der Waals surface area (Å²) >= 11 is 0. The van der Waals surface area contributed by atoms with Crippen molar-refractivity contribution in [2.45, 2.75) is 6.42 Å². The van der Waals surface area contributed by atoms with Gasteiger partial charge in [-0.1, -0.05) is 18.2 Å². The maximum Gasteiger partial charge on any atom is 0.225 e. The van der Waals surface area contributed by atoms with Crippen molar-refractivity contribution in [1.29, 1.82) is 0 Å². The molecule has 72 valence electrons. The van der Waals surface area contributed by atoms with E-state index in [1.54, 1.807) is 7.05 Å². The number of amides is 1. The minimum Gasteiger partial charge on any atom is -0.359 e. The highest BCUT2D eigenvalue weighted by Crippen LogP contribution is 2.14. The SMILES string of the molecule is CNC(=O)Cc1cc2ccccc2[nH]1. The van der Waals surface area contributed by atoms with Gasteiger partial charge in [0, 0.05) is 18.3 Å². The normalized spacial score (nSPS) is 10.4. The summed E-state index contributed by atoms with van der Waals surface area (Å²) in [6, 6.07) is 9.99. The molecule has 1 aromatic carbocycles. The van der Waals surface area contributed by atoms with Crippen molar-refractivity contribution in [2.24, 2.45) is 0 Å². The second-order valence-corrected chi connectivity index (χ2v) is 3.23. The molecule has 0 radical (unpaired) electrons. The van der Waals surface area contributed by atoms with Gasteiger partial charge in [-0.05, 0) is 17.5 Å². The first-order valence-electron chi connectivity index (χ1n) is 4.57. The molecule has 0 aliphatic heterocycles. The molecule has 3 heteroatoms. The van der Waals surface area contributed by atoms with Gasteiger partial charge in [-0.2, -0.15) is 0 Å². The van der Waals surface area contributed by atoms with E-state index in [0.717, 1.165) is 16.6 Å². The zero-order valence-electron chi connectivity index (χ0n) is 8.00. The molecule has 0 saturated carbocycles. The average molecular weight is 188 g/mol. The van der Waals surface area contributed by atoms with Gasteiger partial charge in [0.25, 0.3) is 0 Å². The number of nitrogens with one attached hydrogen (secondary N) is 2. The maximum atomic E-state index is 11.1. The van der Waals surface area contributed by atoms with E-state index < -0.39 is 0 Å². The Labute approximate surface area is 82.1 Å². The van der Waals surface area contributed by atoms with Gasteiger partial charge >= 0.3 is 0 Å². The average Bonchev–Trinajstić information content (AvgIpc) is 2.59. The van der Waals surface area contributed by atoms with Gasteiger partial charge in [-0.3, -0.25) is 4.79 Å². The van der Waals surface area contributed by atoms with Crippen LogP contribution < -0.4 is 5.32 Å². The lowest BCUT2D eigenvalue weighted by molar-refractivity contribution is -0.119. The van der Waals surface area contributed by atoms with Crippen LogP contribution in [0.1, 0.15) is 5.69 Å². The summed E-state index contributed by atoms with van der Waals surface area (Å²) < 4.78 is 0. The Morgan fingerprint density at radius 2 is 2.21 bits per heavy atom. The lowest BCUT2D eigenvalue weighted by Crippen LogP contribution is -2.19. The van der Waals surface area contributed by atoms with Crippen LogP contribution in [0.5, 0.6) is 0 Å². The van der Waals surface area contributed by atoms with Crippen LogP contribution in [0.25, 0.3) is 10.9 Å². The van der Waals surface area contributed by atoms with Crippen molar-refractivity contribution in [2.75, 3.05) is 7.05 Å². The first kappa shape index (κ1) is 8.81. The summed E-state index contributed by atoms with van der Waals surface area (Å²) in [7, 11) is 1.64. The minimum absolute atomic E-state index is 0.0246. The number of fused-ring (bicyclic) bond motifs is 1. The molecule has 0 aliphatic carbocycles. The third kappa shape index (κ3) is 1.62. The zero-order valence-corrected chi connectivity index (χ0v) is 8.00. The van der Waals surface area contributed by atoms with Crippen LogP contribution in [0.4, 0.5) is 0 Å². The van der Waals surface area contributed by atoms with E-state index in [9.17, 15) is 4.79 Å². The van der Waals surface area contributed by atoms with Crippen LogP contribution in [0, 0.1) is 0 Å². The molecule has 2 rings (SSSR count). The summed E-state index contributed by atoms with van der Waals surface area (Å²) in [5, 5.41) is 3.74. The predicted molar refractivity (Wildman–Crippen MR) is 56.1 cm³/mol. The van der Waals surface area contributed by atoms with Crippen molar-refractivity contribution >= 4 is 16.8 Å². The van der Waals surface area contributed by atoms with Crippen molar-refractivity contribution in [1.82, 2.24) is 10.3 Å². The third-order valence-electron chi connectivity index (χ3n) is 2.22. The Morgan fingerprint density at radius 3 is 2.93 bits per heavy atom. The maximum absolute atomic E-state index is 11.1. The lowest BCUT2D eigenvalue weighted by Gasteiger charge is -1.95. The first-order chi connectivity index (χ1) is 6.79. The lowest BCUT2D eigenvalue weighted by atomic mass is 10.2. The number of likely N-dealkylation sites (N-methyl/N-ethyl adjacent to an activating group) is 1. The van der Waals surface area contributed by atoms with Crippen LogP contribution in [0.2, 0.25) is 0 Å². The fourth-order valence-corrected chi connectivity index (χ4v) is 1.49. The number of carbonyl (C=O) groups excluding carboxylic acids is 1. The molecule has 2 aromatic rings. The Morgan fingerprint density at radius 1 is 1.43 bits per heavy atom. The number of rotatable bonds is 2. The van der Waals surface area contributed by atoms with E-state index in [2.05, 4.69) is 10.3 Å². The van der Waals surface area contributed by atoms with Crippen molar-refractivity contribution < 1.29 is 4.79 Å². The van der Waals surface area contributed by atoms with Gasteiger partial charge in [0.05, 0.1) is 6.42 Å². The molecule has 0 spiro atoms. The minimum atomic E-state index is 0.0246. The molecule has 1 amide bonds. The molecular formula is C11H12N2O. The number of para-hydroxylation sites is 1. The van der Waals surface area contributed by atoms with Crippen LogP contribution in [-0.4, -0.2) is 17.9 Å². The molecule has 0 bridgehead atoms. The highest BCUT2D eigenvalue weighted by atomic mass is 16.1. The van der Waals surface area contributed by atoms with Gasteiger partial charge in [-0.25, -0.2) is 0 Å². The van der Waals surface area contributed by atoms with E-state index >= 15 is 0 Å². The van der Waals surface area contributed by atoms with E-state index in [0.29, 0.717) is 6.42 Å². The number of aromatic amines is 1. The largest absolute Gasteiger partial charge is 0.359 e. The number of hydrogen-bond acceptors (Lipinski definition) is 1. The van der Waals surface area contributed by atoms with E-state index in [1.165, 1.54) is 0 Å². The highest BCUT2D eigenvalue weighted by Gasteiger charge is 2.03. The summed E-state index contributed by atoms with van der Waals surface area (Å²) in [6.07, 6.45) is 0.408. The zero-order chi connectivity index (χ0) is 9.97. The third-order valence-corrected chi connectivity index (χ3v) is 2.22. The van der Waals surface area contributed by atoms with Gasteiger partial charge in [0.2, 0.25) is 5.91 Å². The Balaban J connectivity index is 2.31. The molecule has 0 fully saturated rings. The number of aromatic nitrogens is 1. The number of benzene rings is 1. The molecule has 1 aromatic heterocycles. The predicted octanol–water partition coefficient (Wildman–Crippen LogP) is 1.46. The topological polar surface area (TPSA) is 44.9 Å². The van der Waals surface area contributed by atoms with Gasteiger partial charge in [0.1, 0.15) is 0 Å². The number of hydrogen-bond donors (Lipinski definition) is 2. The molecule has 0 unspecified atom stereocenters. The van der Waals surface area contributed by atoms with Gasteiger partial charge in [-0.15, -0.1) is 0 Å². The molecule has 0 atom stereocenters. The monoisotopic (exact) mass is 188 g/mol. The molecular weight excluding hydrogens is 176 g/mol. The number of H-pyrrole nitrogens is 1. The highest BCUT2D eigenvalue weighted by molar-refractivity contribution is 5.83. The molecule has 2 N–H and O–H groups in total. The van der Waals surface area contributed by atoms with E-state index in [1.807, 2.05) is 30.3 Å². The van der Waals surface area contributed by atoms with Gasteiger partial charge < -0.3 is 10.3 Å². The second kappa shape index (κ2) is 3.54. The molecule has 0 saturated heterocycles. The Kier molecular flexibility index (Phi) is 2.23. The van der Waals surface area contributed by atoms with Crippen molar-refractivity contribution in [3.63, 3.8) is 0 Å². The summed E-state index contributed by atoms with van der Waals surface area (Å²) in [6.45, 7) is 0. The molecule has 0 aliphatic rings. The smallest absolute Gasteiger partial charge is 0.225 e. The molecule has 1 heterocycles. The van der Waals surface area contributed by atoms with Crippen LogP contribution in [0.3, 0.4) is 0 Å². The summed E-state index contributed by atoms with van der Waals surface area (Å²) in [5.74, 6) is 0.0246. The fraction of sp³-hybridized carbons (Fsp3) is 0.182. The van der Waals surface area contributed by atoms with E-state index in [4.69, 9.17) is 0 Å². The summed E-state index contributed by atoms with van der Waals surface area (Å²) in [4.78, 5) is 14.3. The fourth-order valence-electron chi connectivity index (χ4n) is 1.49. The summed E-state index contributed by atoms with van der Waals surface area (Å²) in [5.41, 5.74) is 2.02. The van der Waals surface area contributed by atoms with E-state index in [-0.39, 0.29) is 5.91 Å². The van der Waals surface area contributed by atoms with Crippen LogP contribution in [0.15, 0.2) is 30.3 Å². The Bertz CT molecular complexity index is 426. The first-order valence-corrected chi connectivity index (χ1v) is 4.57.